The highest BCUT2D eigenvalue weighted by Gasteiger charge is 2.47. The average molecular weight is 364 g/mol. The Labute approximate surface area is 157 Å². The van der Waals surface area contributed by atoms with E-state index in [0.29, 0.717) is 25.2 Å². The van der Waals surface area contributed by atoms with Gasteiger partial charge >= 0.3 is 6.03 Å². The first-order valence-corrected chi connectivity index (χ1v) is 9.01. The summed E-state index contributed by atoms with van der Waals surface area (Å²) in [5.41, 5.74) is 1.40. The number of para-hydroxylation sites is 1. The van der Waals surface area contributed by atoms with Crippen molar-refractivity contribution >= 4 is 23.5 Å². The summed E-state index contributed by atoms with van der Waals surface area (Å²) in [6.07, 6.45) is 4.23. The van der Waals surface area contributed by atoms with Crippen molar-refractivity contribution in [3.8, 4) is 0 Å². The highest BCUT2D eigenvalue weighted by Crippen LogP contribution is 2.27. The monoisotopic (exact) mass is 364 g/mol. The van der Waals surface area contributed by atoms with E-state index in [1.54, 1.807) is 52.5 Å². The zero-order valence-corrected chi connectivity index (χ0v) is 14.8. The number of carbonyl (C=O) groups excluding carboxylic acids is 3. The lowest BCUT2D eigenvalue weighted by atomic mass is 10.1. The Balaban J connectivity index is 1.52. The van der Waals surface area contributed by atoms with Gasteiger partial charge in [-0.2, -0.15) is 0 Å². The molecule has 3 heterocycles. The van der Waals surface area contributed by atoms with Crippen LogP contribution in [-0.4, -0.2) is 58.3 Å². The molecule has 0 spiro atoms. The molecule has 7 heteroatoms. The maximum atomic E-state index is 12.9. The minimum Gasteiger partial charge on any atom is -0.340 e. The van der Waals surface area contributed by atoms with Crippen molar-refractivity contribution in [3.05, 3.63) is 60.4 Å². The van der Waals surface area contributed by atoms with Crippen LogP contribution in [0.5, 0.6) is 0 Å². The number of pyridine rings is 1. The Morgan fingerprint density at radius 1 is 1.07 bits per heavy atom. The molecule has 2 saturated heterocycles. The molecule has 0 saturated carbocycles. The normalized spacial score (nSPS) is 19.9. The number of rotatable bonds is 3. The number of nitrogens with zero attached hydrogens (tertiary/aromatic N) is 4. The van der Waals surface area contributed by atoms with Crippen LogP contribution in [0.3, 0.4) is 0 Å². The van der Waals surface area contributed by atoms with Crippen LogP contribution in [0.4, 0.5) is 10.5 Å². The van der Waals surface area contributed by atoms with Gasteiger partial charge in [0.15, 0.2) is 0 Å². The maximum Gasteiger partial charge on any atom is 0.332 e. The molecule has 4 rings (SSSR count). The van der Waals surface area contributed by atoms with Crippen molar-refractivity contribution in [3.63, 3.8) is 0 Å². The smallest absolute Gasteiger partial charge is 0.332 e. The van der Waals surface area contributed by atoms with E-state index >= 15 is 0 Å². The Hall–Kier alpha value is -3.22. The lowest BCUT2D eigenvalue weighted by Gasteiger charge is -2.23. The van der Waals surface area contributed by atoms with E-state index < -0.39 is 6.04 Å². The summed E-state index contributed by atoms with van der Waals surface area (Å²) in [4.78, 5) is 47.0. The molecule has 1 aromatic heterocycles. The van der Waals surface area contributed by atoms with Gasteiger partial charge in [-0.05, 0) is 30.2 Å². The minimum atomic E-state index is -0.627. The Kier molecular flexibility index (Phi) is 4.58. The number of urea groups is 1. The van der Waals surface area contributed by atoms with E-state index in [0.717, 1.165) is 5.56 Å². The molecule has 2 aliphatic heterocycles. The molecule has 1 unspecified atom stereocenters. The third-order valence-corrected chi connectivity index (χ3v) is 4.98. The molecular weight excluding hydrogens is 344 g/mol. The Morgan fingerprint density at radius 2 is 1.89 bits per heavy atom. The number of hydrogen-bond acceptors (Lipinski definition) is 4. The van der Waals surface area contributed by atoms with Crippen molar-refractivity contribution in [1.29, 1.82) is 0 Å². The molecule has 0 radical (unpaired) electrons. The number of hydrogen-bond donors (Lipinski definition) is 0. The van der Waals surface area contributed by atoms with Gasteiger partial charge in [0.05, 0.1) is 18.7 Å². The molecule has 0 aliphatic carbocycles. The first-order valence-electron chi connectivity index (χ1n) is 9.01. The summed E-state index contributed by atoms with van der Waals surface area (Å²) >= 11 is 0. The van der Waals surface area contributed by atoms with Crippen LogP contribution in [0.25, 0.3) is 0 Å². The average Bonchev–Trinajstić information content (AvgIpc) is 2.84. The molecule has 2 fully saturated rings. The van der Waals surface area contributed by atoms with Crippen molar-refractivity contribution < 1.29 is 14.4 Å². The van der Waals surface area contributed by atoms with E-state index in [1.807, 2.05) is 12.1 Å². The van der Waals surface area contributed by atoms with Gasteiger partial charge in [0.2, 0.25) is 5.91 Å². The highest BCUT2D eigenvalue weighted by molar-refractivity contribution is 6.21. The molecule has 0 N–H and O–H groups in total. The van der Waals surface area contributed by atoms with Gasteiger partial charge in [0.25, 0.3) is 5.91 Å². The molecule has 2 aliphatic rings. The molecule has 1 atom stereocenters. The zero-order valence-electron chi connectivity index (χ0n) is 14.8. The number of carbonyl (C=O) groups is 3. The van der Waals surface area contributed by atoms with Gasteiger partial charge in [-0.25, -0.2) is 9.69 Å². The van der Waals surface area contributed by atoms with Crippen molar-refractivity contribution in [2.24, 2.45) is 0 Å². The zero-order chi connectivity index (χ0) is 18.8. The number of amides is 4. The molecular formula is C20H20N4O3. The van der Waals surface area contributed by atoms with Gasteiger partial charge in [0, 0.05) is 25.5 Å². The third-order valence-electron chi connectivity index (χ3n) is 4.98. The van der Waals surface area contributed by atoms with Crippen molar-refractivity contribution in [2.45, 2.75) is 18.9 Å². The van der Waals surface area contributed by atoms with Crippen molar-refractivity contribution in [1.82, 2.24) is 14.8 Å². The number of fused-ring (bicyclic) bond motifs is 1. The minimum absolute atomic E-state index is 0.0525. The lowest BCUT2D eigenvalue weighted by molar-refractivity contribution is -0.131. The fourth-order valence-corrected chi connectivity index (χ4v) is 3.63. The van der Waals surface area contributed by atoms with Gasteiger partial charge in [0.1, 0.15) is 6.04 Å². The second-order valence-electron chi connectivity index (χ2n) is 6.73. The van der Waals surface area contributed by atoms with E-state index in [4.69, 9.17) is 0 Å². The summed E-state index contributed by atoms with van der Waals surface area (Å²) in [6.45, 7) is 1.24. The van der Waals surface area contributed by atoms with Crippen LogP contribution in [0.15, 0.2) is 54.9 Å². The van der Waals surface area contributed by atoms with Crippen LogP contribution >= 0.6 is 0 Å². The first-order chi connectivity index (χ1) is 13.1. The summed E-state index contributed by atoms with van der Waals surface area (Å²) in [5, 5.41) is 0. The lowest BCUT2D eigenvalue weighted by Crippen LogP contribution is -2.44. The first kappa shape index (κ1) is 17.2. The fraction of sp³-hybridized carbons (Fsp3) is 0.300. The van der Waals surface area contributed by atoms with Gasteiger partial charge in [-0.3, -0.25) is 14.6 Å². The third kappa shape index (κ3) is 3.28. The summed E-state index contributed by atoms with van der Waals surface area (Å²) < 4.78 is 0. The molecule has 138 valence electrons. The SMILES string of the molecule is O=C(Cc1cccnc1)N1CCCN2C(=O)N(c3ccccc3)C(=O)C2C1. The van der Waals surface area contributed by atoms with Gasteiger partial charge < -0.3 is 9.80 Å². The molecule has 0 bridgehead atoms. The van der Waals surface area contributed by atoms with Crippen molar-refractivity contribution in [2.75, 3.05) is 24.5 Å². The summed E-state index contributed by atoms with van der Waals surface area (Å²) in [6, 6.07) is 11.6. The summed E-state index contributed by atoms with van der Waals surface area (Å²) in [7, 11) is 0. The van der Waals surface area contributed by atoms with Crippen LogP contribution in [0.1, 0.15) is 12.0 Å². The van der Waals surface area contributed by atoms with Crippen LogP contribution in [0.2, 0.25) is 0 Å². The largest absolute Gasteiger partial charge is 0.340 e. The van der Waals surface area contributed by atoms with Crippen LogP contribution in [0, 0.1) is 0 Å². The molecule has 27 heavy (non-hydrogen) atoms. The second kappa shape index (κ2) is 7.19. The number of imide groups is 1. The van der Waals surface area contributed by atoms with E-state index in [-0.39, 0.29) is 30.8 Å². The van der Waals surface area contributed by atoms with Gasteiger partial charge in [-0.1, -0.05) is 24.3 Å². The topological polar surface area (TPSA) is 73.8 Å². The maximum absolute atomic E-state index is 12.9. The highest BCUT2D eigenvalue weighted by atomic mass is 16.2. The number of benzene rings is 1. The second-order valence-corrected chi connectivity index (χ2v) is 6.73. The van der Waals surface area contributed by atoms with E-state index in [2.05, 4.69) is 4.98 Å². The molecule has 4 amide bonds. The number of aromatic nitrogens is 1. The predicted molar refractivity (Wildman–Crippen MR) is 99.0 cm³/mol. The Bertz CT molecular complexity index is 856. The predicted octanol–water partition coefficient (Wildman–Crippen LogP) is 1.69. The quantitative estimate of drug-likeness (QED) is 0.777. The molecule has 7 nitrogen and oxygen atoms in total. The summed E-state index contributed by atoms with van der Waals surface area (Å²) in [5.74, 6) is -0.324. The number of anilines is 1. The van der Waals surface area contributed by atoms with Gasteiger partial charge in [-0.15, -0.1) is 0 Å². The van der Waals surface area contributed by atoms with Crippen LogP contribution in [-0.2, 0) is 16.0 Å². The van der Waals surface area contributed by atoms with E-state index in [9.17, 15) is 14.4 Å². The molecule has 1 aromatic carbocycles. The van der Waals surface area contributed by atoms with E-state index in [1.165, 1.54) is 4.90 Å². The fourth-order valence-electron chi connectivity index (χ4n) is 3.63. The van der Waals surface area contributed by atoms with Crippen LogP contribution < -0.4 is 4.90 Å². The Morgan fingerprint density at radius 3 is 2.63 bits per heavy atom. The molecule has 2 aromatic rings. The standard InChI is InChI=1S/C20H20N4O3/c25-18(12-15-6-4-9-21-13-15)22-10-5-11-23-17(14-22)19(26)24(20(23)27)16-7-2-1-3-8-16/h1-4,6-9,13,17H,5,10-12,14H2.